The van der Waals surface area contributed by atoms with Gasteiger partial charge in [0.1, 0.15) is 6.07 Å². The van der Waals surface area contributed by atoms with Crippen LogP contribution in [0.25, 0.3) is 0 Å². The molecule has 1 aromatic heterocycles. The van der Waals surface area contributed by atoms with Crippen molar-refractivity contribution in [2.45, 2.75) is 13.1 Å². The Morgan fingerprint density at radius 3 is 2.14 bits per heavy atom. The van der Waals surface area contributed by atoms with Crippen LogP contribution in [0, 0.1) is 11.3 Å². The van der Waals surface area contributed by atoms with Crippen molar-refractivity contribution in [3.8, 4) is 6.07 Å². The first kappa shape index (κ1) is 23.1. The highest BCUT2D eigenvalue weighted by Gasteiger charge is 2.22. The summed E-state index contributed by atoms with van der Waals surface area (Å²) in [5.74, 6) is 0.674. The number of hydrogen-bond donors (Lipinski definition) is 1. The molecule has 2 aliphatic heterocycles. The normalized spacial score (nSPS) is 17.3. The van der Waals surface area contributed by atoms with Crippen molar-refractivity contribution in [2.75, 3.05) is 62.2 Å². The smallest absolute Gasteiger partial charge is 0.252 e. The van der Waals surface area contributed by atoms with Gasteiger partial charge in [0, 0.05) is 71.5 Å². The van der Waals surface area contributed by atoms with Gasteiger partial charge in [-0.3, -0.25) is 19.6 Å². The van der Waals surface area contributed by atoms with Crippen LogP contribution in [-0.2, 0) is 13.1 Å². The first-order chi connectivity index (χ1) is 17.2. The summed E-state index contributed by atoms with van der Waals surface area (Å²) in [7, 11) is 0. The first-order valence-corrected chi connectivity index (χ1v) is 12.3. The number of hydrogen-bond acceptors (Lipinski definition) is 7. The molecule has 3 aromatic rings. The molecule has 0 unspecified atom stereocenters. The number of anilines is 2. The Hall–Kier alpha value is -3.67. The van der Waals surface area contributed by atoms with Crippen LogP contribution in [0.4, 0.5) is 11.6 Å². The molecule has 2 saturated heterocycles. The second-order valence-corrected chi connectivity index (χ2v) is 9.20. The summed E-state index contributed by atoms with van der Waals surface area (Å²) < 4.78 is 0. The topological polar surface area (TPSA) is 82.5 Å². The van der Waals surface area contributed by atoms with Crippen molar-refractivity contribution >= 4 is 11.6 Å². The molecule has 0 aliphatic carbocycles. The summed E-state index contributed by atoms with van der Waals surface area (Å²) in [4.78, 5) is 29.4. The Labute approximate surface area is 206 Å². The molecule has 0 atom stereocenters. The van der Waals surface area contributed by atoms with Gasteiger partial charge in [-0.1, -0.05) is 42.5 Å². The molecular formula is C27H31N7O. The lowest BCUT2D eigenvalue weighted by Gasteiger charge is -2.36. The highest BCUT2D eigenvalue weighted by molar-refractivity contribution is 5.59. The van der Waals surface area contributed by atoms with Gasteiger partial charge in [-0.2, -0.15) is 5.26 Å². The average molecular weight is 470 g/mol. The Kier molecular flexibility index (Phi) is 7.07. The van der Waals surface area contributed by atoms with E-state index in [1.807, 2.05) is 30.3 Å². The zero-order chi connectivity index (χ0) is 24.0. The first-order valence-electron chi connectivity index (χ1n) is 12.3. The third kappa shape index (κ3) is 5.70. The summed E-state index contributed by atoms with van der Waals surface area (Å²) in [6, 6.07) is 22.2. The zero-order valence-electron chi connectivity index (χ0n) is 19.9. The van der Waals surface area contributed by atoms with E-state index in [1.54, 1.807) is 6.07 Å². The standard InChI is InChI=1S/C27H31N7O/c28-19-23-8-4-5-9-25(23)33-14-10-32(11-15-33)21-24-18-26(35)30-27(29-24)34-16-12-31(13-17-34)20-22-6-2-1-3-7-22/h1-9,18H,10-17,20-21H2,(H,29,30,35). The number of piperazine rings is 2. The van der Waals surface area contributed by atoms with Crippen LogP contribution in [0.2, 0.25) is 0 Å². The molecule has 2 aromatic carbocycles. The van der Waals surface area contributed by atoms with Crippen molar-refractivity contribution in [1.29, 1.82) is 5.26 Å². The third-order valence-corrected chi connectivity index (χ3v) is 6.83. The van der Waals surface area contributed by atoms with Crippen LogP contribution in [0.3, 0.4) is 0 Å². The number of H-pyrrole nitrogens is 1. The second-order valence-electron chi connectivity index (χ2n) is 9.20. The fourth-order valence-corrected chi connectivity index (χ4v) is 4.90. The fraction of sp³-hybridized carbons (Fsp3) is 0.370. The maximum Gasteiger partial charge on any atom is 0.252 e. The number of nitrogens with one attached hydrogen (secondary N) is 1. The maximum absolute atomic E-state index is 12.4. The van der Waals surface area contributed by atoms with E-state index in [-0.39, 0.29) is 5.56 Å². The molecule has 5 rings (SSSR count). The van der Waals surface area contributed by atoms with Crippen molar-refractivity contribution < 1.29 is 0 Å². The van der Waals surface area contributed by atoms with Gasteiger partial charge in [0.25, 0.3) is 5.56 Å². The van der Waals surface area contributed by atoms with Crippen LogP contribution in [0.15, 0.2) is 65.5 Å². The van der Waals surface area contributed by atoms with E-state index in [9.17, 15) is 10.1 Å². The zero-order valence-corrected chi connectivity index (χ0v) is 19.9. The molecule has 0 amide bonds. The third-order valence-electron chi connectivity index (χ3n) is 6.83. The summed E-state index contributed by atoms with van der Waals surface area (Å²) in [5.41, 5.74) is 3.74. The van der Waals surface area contributed by atoms with E-state index in [0.717, 1.165) is 70.3 Å². The van der Waals surface area contributed by atoms with Gasteiger partial charge in [-0.25, -0.2) is 4.98 Å². The van der Waals surface area contributed by atoms with E-state index in [4.69, 9.17) is 4.98 Å². The van der Waals surface area contributed by atoms with Gasteiger partial charge in [-0.05, 0) is 17.7 Å². The van der Waals surface area contributed by atoms with Crippen LogP contribution in [-0.4, -0.2) is 72.1 Å². The molecule has 0 radical (unpaired) electrons. The minimum Gasteiger partial charge on any atom is -0.368 e. The second kappa shape index (κ2) is 10.7. The average Bonchev–Trinajstić information content (AvgIpc) is 2.90. The quantitative estimate of drug-likeness (QED) is 0.593. The van der Waals surface area contributed by atoms with E-state index in [1.165, 1.54) is 5.56 Å². The predicted molar refractivity (Wildman–Crippen MR) is 137 cm³/mol. The van der Waals surface area contributed by atoms with Gasteiger partial charge < -0.3 is 9.80 Å². The van der Waals surface area contributed by atoms with Crippen molar-refractivity contribution in [3.63, 3.8) is 0 Å². The lowest BCUT2D eigenvalue weighted by atomic mass is 10.1. The Bertz CT molecular complexity index is 1220. The molecule has 8 nitrogen and oxygen atoms in total. The maximum atomic E-state index is 12.4. The van der Waals surface area contributed by atoms with E-state index < -0.39 is 0 Å². The number of para-hydroxylation sites is 1. The van der Waals surface area contributed by atoms with Crippen molar-refractivity contribution in [3.05, 3.63) is 87.8 Å². The summed E-state index contributed by atoms with van der Waals surface area (Å²) in [6.07, 6.45) is 0. The van der Waals surface area contributed by atoms with Gasteiger partial charge >= 0.3 is 0 Å². The monoisotopic (exact) mass is 469 g/mol. The number of aromatic nitrogens is 2. The number of nitriles is 1. The minimum atomic E-state index is -0.0988. The number of rotatable bonds is 6. The number of benzene rings is 2. The van der Waals surface area contributed by atoms with Gasteiger partial charge in [-0.15, -0.1) is 0 Å². The molecular weight excluding hydrogens is 438 g/mol. The van der Waals surface area contributed by atoms with Crippen LogP contribution in [0.1, 0.15) is 16.8 Å². The number of nitrogens with zero attached hydrogens (tertiary/aromatic N) is 6. The molecule has 0 spiro atoms. The minimum absolute atomic E-state index is 0.0988. The van der Waals surface area contributed by atoms with Crippen LogP contribution >= 0.6 is 0 Å². The highest BCUT2D eigenvalue weighted by Crippen LogP contribution is 2.21. The molecule has 8 heteroatoms. The van der Waals surface area contributed by atoms with Gasteiger partial charge in [0.05, 0.1) is 16.9 Å². The van der Waals surface area contributed by atoms with Crippen molar-refractivity contribution in [1.82, 2.24) is 19.8 Å². The molecule has 2 aliphatic rings. The Morgan fingerprint density at radius 2 is 1.43 bits per heavy atom. The number of aromatic amines is 1. The Morgan fingerprint density at radius 1 is 0.800 bits per heavy atom. The van der Waals surface area contributed by atoms with Gasteiger partial charge in [0.15, 0.2) is 0 Å². The van der Waals surface area contributed by atoms with Crippen molar-refractivity contribution in [2.24, 2.45) is 0 Å². The summed E-state index contributed by atoms with van der Waals surface area (Å²) in [5, 5.41) is 9.40. The molecule has 180 valence electrons. The summed E-state index contributed by atoms with van der Waals surface area (Å²) in [6.45, 7) is 8.58. The molecule has 35 heavy (non-hydrogen) atoms. The van der Waals surface area contributed by atoms with Crippen LogP contribution < -0.4 is 15.4 Å². The largest absolute Gasteiger partial charge is 0.368 e. The van der Waals surface area contributed by atoms with Gasteiger partial charge in [0.2, 0.25) is 5.95 Å². The summed E-state index contributed by atoms with van der Waals surface area (Å²) >= 11 is 0. The predicted octanol–water partition coefficient (Wildman–Crippen LogP) is 2.29. The molecule has 0 bridgehead atoms. The van der Waals surface area contributed by atoms with E-state index >= 15 is 0 Å². The SMILES string of the molecule is N#Cc1ccccc1N1CCN(Cc2cc(=O)[nH]c(N3CCN(Cc4ccccc4)CC3)n2)CC1. The van der Waals surface area contributed by atoms with E-state index in [0.29, 0.717) is 18.1 Å². The fourth-order valence-electron chi connectivity index (χ4n) is 4.90. The van der Waals surface area contributed by atoms with Crippen LogP contribution in [0.5, 0.6) is 0 Å². The molecule has 0 saturated carbocycles. The lowest BCUT2D eigenvalue weighted by molar-refractivity contribution is 0.244. The Balaban J connectivity index is 1.17. The molecule has 2 fully saturated rings. The molecule has 3 heterocycles. The molecule has 1 N–H and O–H groups in total. The highest BCUT2D eigenvalue weighted by atomic mass is 16.1. The van der Waals surface area contributed by atoms with E-state index in [2.05, 4.69) is 54.9 Å². The lowest BCUT2D eigenvalue weighted by Crippen LogP contribution is -2.47.